The van der Waals surface area contributed by atoms with Crippen LogP contribution in [0.2, 0.25) is 0 Å². The van der Waals surface area contributed by atoms with E-state index >= 15 is 0 Å². The van der Waals surface area contributed by atoms with Gasteiger partial charge in [0.15, 0.2) is 5.78 Å². The van der Waals surface area contributed by atoms with Gasteiger partial charge in [0, 0.05) is 17.2 Å². The van der Waals surface area contributed by atoms with Crippen LogP contribution < -0.4 is 0 Å². The van der Waals surface area contributed by atoms with Gasteiger partial charge < -0.3 is 5.41 Å². The third-order valence-electron chi connectivity index (χ3n) is 7.22. The van der Waals surface area contributed by atoms with Crippen molar-refractivity contribution >= 4 is 17.2 Å². The van der Waals surface area contributed by atoms with Gasteiger partial charge >= 0.3 is 0 Å². The number of carbonyl (C=O) groups is 1. The lowest BCUT2D eigenvalue weighted by Crippen LogP contribution is -2.23. The molecule has 1 fully saturated rings. The molecule has 0 radical (unpaired) electrons. The molecule has 33 heavy (non-hydrogen) atoms. The van der Waals surface area contributed by atoms with Crippen LogP contribution >= 0.6 is 0 Å². The normalized spacial score (nSPS) is 19.2. The fourth-order valence-corrected chi connectivity index (χ4v) is 4.94. The number of nitrogens with zero attached hydrogens (tertiary/aromatic N) is 2. The largest absolute Gasteiger partial charge is 0.304 e. The average Bonchev–Trinajstić information content (AvgIpc) is 3.32. The Bertz CT molecular complexity index is 1180. The number of hydrogen-bond donors (Lipinski definition) is 2. The van der Waals surface area contributed by atoms with E-state index in [4.69, 9.17) is 21.3 Å². The smallest absolute Gasteiger partial charge is 0.166 e. The summed E-state index contributed by atoms with van der Waals surface area (Å²) in [5.41, 5.74) is 4.96. The highest BCUT2D eigenvalue weighted by Crippen LogP contribution is 2.42. The molecule has 0 spiro atoms. The molecule has 3 rings (SSSR count). The van der Waals surface area contributed by atoms with Crippen molar-refractivity contribution in [2.24, 2.45) is 17.8 Å². The van der Waals surface area contributed by atoms with Gasteiger partial charge in [-0.3, -0.25) is 10.2 Å². The molecular weight excluding hydrogens is 408 g/mol. The van der Waals surface area contributed by atoms with E-state index in [0.29, 0.717) is 22.6 Å². The van der Waals surface area contributed by atoms with Crippen LogP contribution in [0, 0.1) is 65.1 Å². The molecule has 1 saturated carbocycles. The first-order valence-electron chi connectivity index (χ1n) is 11.4. The summed E-state index contributed by atoms with van der Waals surface area (Å²) in [4.78, 5) is 13.5. The van der Waals surface area contributed by atoms with Crippen LogP contribution in [-0.2, 0) is 0 Å². The summed E-state index contributed by atoms with van der Waals surface area (Å²) in [6, 6.07) is 15.5. The van der Waals surface area contributed by atoms with Crippen molar-refractivity contribution in [1.82, 2.24) is 0 Å². The van der Waals surface area contributed by atoms with Gasteiger partial charge in [0.05, 0.1) is 17.6 Å². The minimum atomic E-state index is -0.611. The van der Waals surface area contributed by atoms with E-state index in [1.54, 1.807) is 13.0 Å². The maximum absolute atomic E-state index is 13.5. The average molecular weight is 439 g/mol. The number of Topliss-reactive ketones (excluding diaryl/α,β-unsaturated/α-hetero) is 1. The summed E-state index contributed by atoms with van der Waals surface area (Å²) in [7, 11) is 0. The van der Waals surface area contributed by atoms with Gasteiger partial charge in [0.25, 0.3) is 0 Å². The number of benzene rings is 2. The maximum Gasteiger partial charge on any atom is 0.166 e. The number of nitrogens with one attached hydrogen (secondary N) is 2. The molecule has 1 aliphatic carbocycles. The monoisotopic (exact) mass is 438 g/mol. The molecule has 0 amide bonds. The lowest BCUT2D eigenvalue weighted by Gasteiger charge is -2.21. The van der Waals surface area contributed by atoms with Crippen LogP contribution in [-0.4, -0.2) is 17.2 Å². The van der Waals surface area contributed by atoms with Gasteiger partial charge in [-0.1, -0.05) is 32.0 Å². The number of carbonyl (C=O) groups excluding carboxylic acids is 1. The minimum Gasteiger partial charge on any atom is -0.304 e. The lowest BCUT2D eigenvalue weighted by molar-refractivity contribution is 0.0887. The molecule has 2 N–H and O–H groups in total. The molecule has 0 heterocycles. The fraction of sp³-hybridized carbons (Fsp3) is 0.393. The van der Waals surface area contributed by atoms with Crippen LogP contribution in [0.15, 0.2) is 36.4 Å². The van der Waals surface area contributed by atoms with Gasteiger partial charge in [0.2, 0.25) is 0 Å². The molecule has 0 aromatic heterocycles. The minimum absolute atomic E-state index is 0.0926. The van der Waals surface area contributed by atoms with Crippen LogP contribution in [0.1, 0.15) is 77.2 Å². The molecule has 168 valence electrons. The van der Waals surface area contributed by atoms with Crippen LogP contribution in [0.3, 0.4) is 0 Å². The second-order valence-corrected chi connectivity index (χ2v) is 9.30. The van der Waals surface area contributed by atoms with Gasteiger partial charge in [0.1, 0.15) is 11.8 Å². The Labute approximate surface area is 196 Å². The predicted molar refractivity (Wildman–Crippen MR) is 130 cm³/mol. The van der Waals surface area contributed by atoms with E-state index in [0.717, 1.165) is 30.4 Å². The second-order valence-electron chi connectivity index (χ2n) is 9.30. The number of ketones is 1. The van der Waals surface area contributed by atoms with Crippen LogP contribution in [0.4, 0.5) is 0 Å². The van der Waals surface area contributed by atoms with Gasteiger partial charge in [-0.15, -0.1) is 0 Å². The summed E-state index contributed by atoms with van der Waals surface area (Å²) >= 11 is 0. The van der Waals surface area contributed by atoms with Gasteiger partial charge in [-0.05, 0) is 85.4 Å². The molecule has 4 atom stereocenters. The van der Waals surface area contributed by atoms with Crippen molar-refractivity contribution in [2.75, 3.05) is 0 Å². The molecule has 0 saturated heterocycles. The Morgan fingerprint density at radius 2 is 1.64 bits per heavy atom. The Kier molecular flexibility index (Phi) is 7.24. The van der Waals surface area contributed by atoms with Crippen molar-refractivity contribution in [2.45, 2.75) is 52.9 Å². The molecule has 4 unspecified atom stereocenters. The molecule has 2 aromatic carbocycles. The van der Waals surface area contributed by atoms with E-state index in [1.165, 1.54) is 5.56 Å². The zero-order valence-corrected chi connectivity index (χ0v) is 19.7. The van der Waals surface area contributed by atoms with E-state index in [-0.39, 0.29) is 29.0 Å². The molecule has 0 bridgehead atoms. The highest BCUT2D eigenvalue weighted by molar-refractivity contribution is 6.18. The summed E-state index contributed by atoms with van der Waals surface area (Å²) in [5.74, 6) is 0.0348. The third-order valence-corrected chi connectivity index (χ3v) is 7.22. The maximum atomic E-state index is 13.5. The molecular formula is C28H30N4O. The van der Waals surface area contributed by atoms with Crippen LogP contribution in [0.5, 0.6) is 0 Å². The van der Waals surface area contributed by atoms with Crippen molar-refractivity contribution in [3.8, 4) is 12.1 Å². The quantitative estimate of drug-likeness (QED) is 0.401. The zero-order chi connectivity index (χ0) is 24.3. The Hall–Kier alpha value is -3.57. The zero-order valence-electron chi connectivity index (χ0n) is 19.7. The van der Waals surface area contributed by atoms with Crippen molar-refractivity contribution in [3.63, 3.8) is 0 Å². The standard InChI is InChI=1S/C28H30N4O/c1-16-11-17(2)25(13-24(16)27(32)19(4)26(31)15-30)28(33)18(3)22-9-10-23(12-22)21-7-5-20(14-29)6-8-21/h5-8,11,13,18-19,22-23,31-32H,9-10,12H2,1-4H3. The topological polar surface area (TPSA) is 112 Å². The van der Waals surface area contributed by atoms with E-state index in [2.05, 4.69) is 6.07 Å². The SMILES string of the molecule is Cc1cc(C)c(C(=O)C(C)C2CCC(c3ccc(C#N)cc3)C2)cc1C(=N)C(C)C(=N)C#N. The highest BCUT2D eigenvalue weighted by atomic mass is 16.1. The fourth-order valence-electron chi connectivity index (χ4n) is 4.94. The number of rotatable bonds is 7. The highest BCUT2D eigenvalue weighted by Gasteiger charge is 2.34. The molecule has 0 aliphatic heterocycles. The molecule has 5 nitrogen and oxygen atoms in total. The predicted octanol–water partition coefficient (Wildman–Crippen LogP) is 6.13. The Morgan fingerprint density at radius 3 is 2.24 bits per heavy atom. The molecule has 1 aliphatic rings. The number of aryl methyl sites for hydroxylation is 2. The Morgan fingerprint density at radius 1 is 1.00 bits per heavy atom. The Balaban J connectivity index is 1.80. The van der Waals surface area contributed by atoms with E-state index in [1.807, 2.05) is 57.2 Å². The van der Waals surface area contributed by atoms with Crippen molar-refractivity contribution < 1.29 is 4.79 Å². The van der Waals surface area contributed by atoms with Crippen LogP contribution in [0.25, 0.3) is 0 Å². The van der Waals surface area contributed by atoms with Crippen molar-refractivity contribution in [1.29, 1.82) is 21.3 Å². The van der Waals surface area contributed by atoms with Crippen molar-refractivity contribution in [3.05, 3.63) is 69.8 Å². The first-order valence-corrected chi connectivity index (χ1v) is 11.4. The number of nitriles is 2. The summed E-state index contributed by atoms with van der Waals surface area (Å²) in [6.45, 7) is 7.51. The lowest BCUT2D eigenvalue weighted by atomic mass is 9.82. The summed E-state index contributed by atoms with van der Waals surface area (Å²) < 4.78 is 0. The molecule has 2 aromatic rings. The summed E-state index contributed by atoms with van der Waals surface area (Å²) in [5, 5.41) is 34.4. The van der Waals surface area contributed by atoms with Gasteiger partial charge in [-0.25, -0.2) is 0 Å². The van der Waals surface area contributed by atoms with E-state index < -0.39 is 5.92 Å². The first kappa shape index (κ1) is 24.1. The second kappa shape index (κ2) is 9.92. The molecule has 5 heteroatoms. The number of hydrogen-bond acceptors (Lipinski definition) is 5. The summed E-state index contributed by atoms with van der Waals surface area (Å²) in [6.07, 6.45) is 2.97. The van der Waals surface area contributed by atoms with E-state index in [9.17, 15) is 4.79 Å². The first-order chi connectivity index (χ1) is 15.7. The van der Waals surface area contributed by atoms with Gasteiger partial charge in [-0.2, -0.15) is 10.5 Å². The third kappa shape index (κ3) is 4.94.